The molecule has 4 nitrogen and oxygen atoms in total. The Balaban J connectivity index is 0.000000280. The smallest absolute Gasteiger partial charge is 0.336 e. The second-order valence-electron chi connectivity index (χ2n) is 3.38. The van der Waals surface area contributed by atoms with Crippen LogP contribution >= 0.6 is 0 Å². The number of aromatic hydroxyl groups is 1. The molecule has 0 aliphatic carbocycles. The van der Waals surface area contributed by atoms with Crippen molar-refractivity contribution in [3.05, 3.63) is 40.8 Å². The first-order chi connectivity index (χ1) is 7.49. The van der Waals surface area contributed by atoms with Crippen molar-refractivity contribution in [1.29, 1.82) is 0 Å². The van der Waals surface area contributed by atoms with Crippen LogP contribution in [0.2, 0.25) is 0 Å². The van der Waals surface area contributed by atoms with Gasteiger partial charge in [-0.1, -0.05) is 0 Å². The maximum atomic E-state index is 10.7. The summed E-state index contributed by atoms with van der Waals surface area (Å²) in [4.78, 5) is 20.2. The van der Waals surface area contributed by atoms with E-state index < -0.39 is 5.63 Å². The molecule has 0 amide bonds. The lowest BCUT2D eigenvalue weighted by atomic mass is 10.2. The van der Waals surface area contributed by atoms with Crippen LogP contribution < -0.4 is 5.63 Å². The minimum Gasteiger partial charge on any atom is -0.508 e. The van der Waals surface area contributed by atoms with Gasteiger partial charge in [0.2, 0.25) is 0 Å². The predicted octanol–water partition coefficient (Wildman–Crippen LogP) is 2.09. The van der Waals surface area contributed by atoms with Gasteiger partial charge in [-0.3, -0.25) is 0 Å². The summed E-state index contributed by atoms with van der Waals surface area (Å²) in [6, 6.07) is 7.65. The minimum atomic E-state index is -0.409. The highest BCUT2D eigenvalue weighted by Crippen LogP contribution is 2.17. The molecule has 0 saturated carbocycles. The van der Waals surface area contributed by atoms with Gasteiger partial charge in [-0.25, -0.2) is 4.79 Å². The number of carbonyl (C=O) groups excluding carboxylic acids is 1. The zero-order valence-electron chi connectivity index (χ0n) is 9.06. The van der Waals surface area contributed by atoms with Crippen LogP contribution in [0, 0.1) is 0 Å². The fourth-order valence-corrected chi connectivity index (χ4v) is 1.05. The average molecular weight is 220 g/mol. The van der Waals surface area contributed by atoms with E-state index >= 15 is 0 Å². The van der Waals surface area contributed by atoms with Crippen molar-refractivity contribution in [1.82, 2.24) is 0 Å². The largest absolute Gasteiger partial charge is 0.508 e. The molecule has 0 aliphatic rings. The molecule has 0 spiro atoms. The third-order valence-corrected chi connectivity index (χ3v) is 1.61. The van der Waals surface area contributed by atoms with Crippen LogP contribution in [-0.4, -0.2) is 10.9 Å². The molecular formula is C12H12O4. The second-order valence-corrected chi connectivity index (χ2v) is 3.38. The van der Waals surface area contributed by atoms with Crippen LogP contribution in [0.15, 0.2) is 39.5 Å². The number of carbonyl (C=O) groups is 1. The molecule has 1 aromatic heterocycles. The van der Waals surface area contributed by atoms with Crippen molar-refractivity contribution >= 4 is 16.8 Å². The quantitative estimate of drug-likeness (QED) is 0.690. The molecule has 1 heterocycles. The monoisotopic (exact) mass is 220 g/mol. The highest BCUT2D eigenvalue weighted by atomic mass is 16.4. The molecule has 2 rings (SSSR count). The highest BCUT2D eigenvalue weighted by Gasteiger charge is 1.96. The summed E-state index contributed by atoms with van der Waals surface area (Å²) < 4.78 is 4.83. The standard InChI is InChI=1S/C9H6O3.C3H6O/c10-7-3-1-6-2-4-9(11)12-8(6)5-7;1-3(2)4/h1-5,10H;1-2H3. The molecule has 84 valence electrons. The van der Waals surface area contributed by atoms with Gasteiger partial charge in [-0.2, -0.15) is 0 Å². The Kier molecular flexibility index (Phi) is 3.83. The Hall–Kier alpha value is -2.10. The predicted molar refractivity (Wildman–Crippen MR) is 60.5 cm³/mol. The third-order valence-electron chi connectivity index (χ3n) is 1.61. The maximum Gasteiger partial charge on any atom is 0.336 e. The van der Waals surface area contributed by atoms with E-state index in [9.17, 15) is 9.59 Å². The number of hydrogen-bond donors (Lipinski definition) is 1. The number of fused-ring (bicyclic) bond motifs is 1. The molecule has 0 atom stereocenters. The van der Waals surface area contributed by atoms with E-state index in [0.29, 0.717) is 5.58 Å². The SMILES string of the molecule is CC(C)=O.O=c1ccc2ccc(O)cc2o1. The van der Waals surface area contributed by atoms with E-state index in [-0.39, 0.29) is 11.5 Å². The van der Waals surface area contributed by atoms with Gasteiger partial charge in [0.25, 0.3) is 0 Å². The number of Topliss-reactive ketones (excluding diaryl/α,β-unsaturated/α-hetero) is 1. The fourth-order valence-electron chi connectivity index (χ4n) is 1.05. The summed E-state index contributed by atoms with van der Waals surface area (Å²) in [5.74, 6) is 0.261. The van der Waals surface area contributed by atoms with E-state index in [0.717, 1.165) is 5.39 Å². The summed E-state index contributed by atoms with van der Waals surface area (Å²) in [6.07, 6.45) is 0. The number of hydrogen-bond acceptors (Lipinski definition) is 4. The first kappa shape index (κ1) is 12.0. The van der Waals surface area contributed by atoms with E-state index in [4.69, 9.17) is 9.52 Å². The number of benzene rings is 1. The van der Waals surface area contributed by atoms with Gasteiger partial charge in [-0.15, -0.1) is 0 Å². The van der Waals surface area contributed by atoms with Gasteiger partial charge in [-0.05, 0) is 32.0 Å². The van der Waals surface area contributed by atoms with E-state index in [2.05, 4.69) is 0 Å². The van der Waals surface area contributed by atoms with Crippen molar-refractivity contribution in [2.45, 2.75) is 13.8 Å². The summed E-state index contributed by atoms with van der Waals surface area (Å²) >= 11 is 0. The van der Waals surface area contributed by atoms with E-state index in [1.807, 2.05) is 0 Å². The van der Waals surface area contributed by atoms with Gasteiger partial charge in [0.15, 0.2) is 0 Å². The Bertz CT molecular complexity index is 550. The lowest BCUT2D eigenvalue weighted by Crippen LogP contribution is -1.93. The highest BCUT2D eigenvalue weighted by molar-refractivity contribution is 5.77. The number of rotatable bonds is 0. The number of phenols is 1. The minimum absolute atomic E-state index is 0.0943. The average Bonchev–Trinajstić information content (AvgIpc) is 2.15. The summed E-state index contributed by atoms with van der Waals surface area (Å²) in [5.41, 5.74) is -0.00407. The van der Waals surface area contributed by atoms with E-state index in [1.54, 1.807) is 18.2 Å². The van der Waals surface area contributed by atoms with Crippen molar-refractivity contribution in [3.63, 3.8) is 0 Å². The van der Waals surface area contributed by atoms with Gasteiger partial charge in [0.1, 0.15) is 17.1 Å². The van der Waals surface area contributed by atoms with Crippen LogP contribution in [0.25, 0.3) is 11.0 Å². The Morgan fingerprint density at radius 2 is 1.75 bits per heavy atom. The van der Waals surface area contributed by atoms with Crippen molar-refractivity contribution < 1.29 is 14.3 Å². The molecular weight excluding hydrogens is 208 g/mol. The normalized spacial score (nSPS) is 9.38. The van der Waals surface area contributed by atoms with Crippen LogP contribution in [0.3, 0.4) is 0 Å². The lowest BCUT2D eigenvalue weighted by molar-refractivity contribution is -0.114. The zero-order valence-corrected chi connectivity index (χ0v) is 9.06. The number of ketones is 1. The zero-order chi connectivity index (χ0) is 12.1. The molecule has 2 aromatic rings. The van der Waals surface area contributed by atoms with Crippen LogP contribution in [0.4, 0.5) is 0 Å². The molecule has 0 saturated heterocycles. The molecule has 1 N–H and O–H groups in total. The topological polar surface area (TPSA) is 67.5 Å². The fraction of sp³-hybridized carbons (Fsp3) is 0.167. The molecule has 0 fully saturated rings. The van der Waals surface area contributed by atoms with Gasteiger partial charge in [0, 0.05) is 17.5 Å². The van der Waals surface area contributed by atoms with E-state index in [1.165, 1.54) is 26.0 Å². The molecule has 0 aliphatic heterocycles. The summed E-state index contributed by atoms with van der Waals surface area (Å²) in [5, 5.41) is 9.86. The molecule has 1 aromatic carbocycles. The molecule has 0 bridgehead atoms. The maximum absolute atomic E-state index is 10.7. The third kappa shape index (κ3) is 3.57. The Labute approximate surface area is 92.1 Å². The molecule has 0 radical (unpaired) electrons. The van der Waals surface area contributed by atoms with Crippen molar-refractivity contribution in [2.24, 2.45) is 0 Å². The van der Waals surface area contributed by atoms with Crippen molar-refractivity contribution in [2.75, 3.05) is 0 Å². The molecule has 0 unspecified atom stereocenters. The molecule has 4 heteroatoms. The lowest BCUT2D eigenvalue weighted by Gasteiger charge is -1.94. The van der Waals surface area contributed by atoms with Gasteiger partial charge < -0.3 is 14.3 Å². The van der Waals surface area contributed by atoms with Crippen LogP contribution in [0.5, 0.6) is 5.75 Å². The summed E-state index contributed by atoms with van der Waals surface area (Å²) in [7, 11) is 0. The van der Waals surface area contributed by atoms with Gasteiger partial charge >= 0.3 is 5.63 Å². The van der Waals surface area contributed by atoms with Crippen LogP contribution in [-0.2, 0) is 4.79 Å². The molecule has 16 heavy (non-hydrogen) atoms. The first-order valence-corrected chi connectivity index (χ1v) is 4.69. The summed E-state index contributed by atoms with van der Waals surface area (Å²) in [6.45, 7) is 3.06. The Morgan fingerprint density at radius 1 is 1.19 bits per heavy atom. The number of phenolic OH excluding ortho intramolecular Hbond substituents is 1. The second kappa shape index (κ2) is 5.11. The van der Waals surface area contributed by atoms with Gasteiger partial charge in [0.05, 0.1) is 0 Å². The van der Waals surface area contributed by atoms with Crippen molar-refractivity contribution in [3.8, 4) is 5.75 Å². The Morgan fingerprint density at radius 3 is 2.38 bits per heavy atom. The van der Waals surface area contributed by atoms with Crippen LogP contribution in [0.1, 0.15) is 13.8 Å². The first-order valence-electron chi connectivity index (χ1n) is 4.69.